The molecule has 1 fully saturated rings. The highest BCUT2D eigenvalue weighted by Gasteiger charge is 2.24. The van der Waals surface area contributed by atoms with Crippen molar-refractivity contribution in [2.45, 2.75) is 18.9 Å². The normalized spacial score (nSPS) is 15.5. The minimum atomic E-state index is -0.505. The topological polar surface area (TPSA) is 90.1 Å². The zero-order valence-corrected chi connectivity index (χ0v) is 16.9. The summed E-state index contributed by atoms with van der Waals surface area (Å²) in [4.78, 5) is 25.1. The van der Waals surface area contributed by atoms with Crippen LogP contribution in [-0.2, 0) is 0 Å². The molecule has 3 rings (SSSR count). The molecule has 2 heterocycles. The molecule has 1 aliphatic heterocycles. The molecule has 0 unspecified atom stereocenters. The number of aromatic amines is 1. The van der Waals surface area contributed by atoms with E-state index in [1.54, 1.807) is 30.1 Å². The van der Waals surface area contributed by atoms with Crippen LogP contribution in [0.1, 0.15) is 33.7 Å². The maximum absolute atomic E-state index is 12.6. The van der Waals surface area contributed by atoms with E-state index >= 15 is 0 Å². The monoisotopic (exact) mass is 427 g/mol. The number of benzene rings is 1. The summed E-state index contributed by atoms with van der Waals surface area (Å²) in [5.74, 6) is -0.815. The van der Waals surface area contributed by atoms with Crippen LogP contribution in [0.15, 0.2) is 24.4 Å². The first-order valence-corrected chi connectivity index (χ1v) is 10.3. The van der Waals surface area contributed by atoms with Crippen LogP contribution < -0.4 is 10.6 Å². The number of nitrogens with one attached hydrogen (secondary N) is 3. The van der Waals surface area contributed by atoms with Gasteiger partial charge in [-0.1, -0.05) is 41.2 Å². The number of H-pyrrole nitrogens is 1. The molecule has 0 atom stereocenters. The molecular weight excluding hydrogens is 409 g/mol. The summed E-state index contributed by atoms with van der Waals surface area (Å²) in [5, 5.41) is 12.6. The van der Waals surface area contributed by atoms with Gasteiger partial charge in [0.25, 0.3) is 11.8 Å². The number of aromatic nitrogens is 2. The van der Waals surface area contributed by atoms with Gasteiger partial charge in [-0.2, -0.15) is 5.10 Å². The third kappa shape index (κ3) is 4.76. The van der Waals surface area contributed by atoms with Gasteiger partial charge < -0.3 is 10.6 Å². The Bertz CT molecular complexity index is 816. The highest BCUT2D eigenvalue weighted by Crippen LogP contribution is 2.26. The Labute approximate surface area is 171 Å². The predicted octanol–water partition coefficient (Wildman–Crippen LogP) is 3.44. The van der Waals surface area contributed by atoms with E-state index < -0.39 is 5.91 Å². The average Bonchev–Trinajstić information content (AvgIpc) is 3.10. The van der Waals surface area contributed by atoms with E-state index in [2.05, 4.69) is 25.1 Å². The first-order chi connectivity index (χ1) is 13.0. The van der Waals surface area contributed by atoms with E-state index in [0.717, 1.165) is 25.9 Å². The number of nitrogens with zero attached hydrogens (tertiary/aromatic N) is 2. The number of halogens is 2. The van der Waals surface area contributed by atoms with E-state index in [1.165, 1.54) is 6.20 Å². The molecule has 3 N–H and O–H groups in total. The minimum Gasteiger partial charge on any atom is -0.348 e. The van der Waals surface area contributed by atoms with Gasteiger partial charge in [0.1, 0.15) is 5.69 Å². The third-order valence-corrected chi connectivity index (χ3v) is 5.86. The average molecular weight is 428 g/mol. The van der Waals surface area contributed by atoms with E-state index in [4.69, 9.17) is 23.2 Å². The van der Waals surface area contributed by atoms with Gasteiger partial charge in [-0.25, -0.2) is 0 Å². The molecule has 0 aliphatic carbocycles. The van der Waals surface area contributed by atoms with Crippen LogP contribution in [0, 0.1) is 0 Å². The third-order valence-electron chi connectivity index (χ3n) is 4.35. The SMILES string of the molecule is CSN1CCC(NC(=O)c2[nH]ncc2NC(=O)c2c(Cl)cccc2Cl)CC1. The van der Waals surface area contributed by atoms with Crippen LogP contribution in [0.3, 0.4) is 0 Å². The smallest absolute Gasteiger partial charge is 0.271 e. The lowest BCUT2D eigenvalue weighted by Crippen LogP contribution is -2.42. The highest BCUT2D eigenvalue weighted by molar-refractivity contribution is 7.96. The predicted molar refractivity (Wildman–Crippen MR) is 109 cm³/mol. The van der Waals surface area contributed by atoms with Gasteiger partial charge >= 0.3 is 0 Å². The van der Waals surface area contributed by atoms with Crippen molar-refractivity contribution in [3.8, 4) is 0 Å². The van der Waals surface area contributed by atoms with Gasteiger partial charge in [0.2, 0.25) is 0 Å². The van der Waals surface area contributed by atoms with Gasteiger partial charge in [-0.3, -0.25) is 19.0 Å². The number of amides is 2. The van der Waals surface area contributed by atoms with Crippen molar-refractivity contribution < 1.29 is 9.59 Å². The summed E-state index contributed by atoms with van der Waals surface area (Å²) >= 11 is 13.8. The number of carbonyl (C=O) groups excluding carboxylic acids is 2. The summed E-state index contributed by atoms with van der Waals surface area (Å²) in [6.45, 7) is 1.84. The molecule has 1 aromatic heterocycles. The van der Waals surface area contributed by atoms with Gasteiger partial charge in [-0.15, -0.1) is 0 Å². The second-order valence-electron chi connectivity index (χ2n) is 6.07. The second-order valence-corrected chi connectivity index (χ2v) is 7.76. The van der Waals surface area contributed by atoms with Crippen molar-refractivity contribution in [1.29, 1.82) is 0 Å². The molecular formula is C17H19Cl2N5O2S. The van der Waals surface area contributed by atoms with Crippen molar-refractivity contribution in [1.82, 2.24) is 19.8 Å². The fourth-order valence-corrected chi connectivity index (χ4v) is 4.04. The number of anilines is 1. The second kappa shape index (κ2) is 8.97. The largest absolute Gasteiger partial charge is 0.348 e. The number of piperidine rings is 1. The van der Waals surface area contributed by atoms with Crippen LogP contribution in [0.4, 0.5) is 5.69 Å². The molecule has 144 valence electrons. The molecule has 1 aromatic carbocycles. The van der Waals surface area contributed by atoms with Crippen molar-refractivity contribution in [2.75, 3.05) is 24.7 Å². The van der Waals surface area contributed by atoms with Gasteiger partial charge in [0.15, 0.2) is 0 Å². The number of rotatable bonds is 5. The summed E-state index contributed by atoms with van der Waals surface area (Å²) < 4.78 is 2.26. The summed E-state index contributed by atoms with van der Waals surface area (Å²) in [5.41, 5.74) is 0.617. The Hall–Kier alpha value is -1.74. The van der Waals surface area contributed by atoms with Crippen LogP contribution in [0.25, 0.3) is 0 Å². The molecule has 10 heteroatoms. The number of carbonyl (C=O) groups is 2. The molecule has 0 radical (unpaired) electrons. The van der Waals surface area contributed by atoms with Crippen LogP contribution in [0.2, 0.25) is 10.0 Å². The molecule has 2 amide bonds. The van der Waals surface area contributed by atoms with E-state index in [0.29, 0.717) is 0 Å². The van der Waals surface area contributed by atoms with Crippen LogP contribution in [0.5, 0.6) is 0 Å². The molecule has 27 heavy (non-hydrogen) atoms. The van der Waals surface area contributed by atoms with E-state index in [9.17, 15) is 9.59 Å². The van der Waals surface area contributed by atoms with Crippen LogP contribution >= 0.6 is 35.1 Å². The fourth-order valence-electron chi connectivity index (χ4n) is 2.89. The number of hydrogen-bond donors (Lipinski definition) is 3. The first-order valence-electron chi connectivity index (χ1n) is 8.38. The van der Waals surface area contributed by atoms with E-state index in [-0.39, 0.29) is 38.9 Å². The number of hydrogen-bond acceptors (Lipinski definition) is 5. The van der Waals surface area contributed by atoms with Crippen molar-refractivity contribution in [2.24, 2.45) is 0 Å². The Morgan fingerprint density at radius 3 is 2.52 bits per heavy atom. The Kier molecular flexibility index (Phi) is 6.64. The molecule has 0 saturated carbocycles. The van der Waals surface area contributed by atoms with Crippen molar-refractivity contribution >= 4 is 52.7 Å². The maximum atomic E-state index is 12.6. The molecule has 0 bridgehead atoms. The molecule has 0 spiro atoms. The Balaban J connectivity index is 1.67. The Morgan fingerprint density at radius 1 is 1.22 bits per heavy atom. The maximum Gasteiger partial charge on any atom is 0.271 e. The molecule has 1 saturated heterocycles. The van der Waals surface area contributed by atoms with Crippen molar-refractivity contribution in [3.05, 3.63) is 45.7 Å². The lowest BCUT2D eigenvalue weighted by atomic mass is 10.1. The lowest BCUT2D eigenvalue weighted by molar-refractivity contribution is 0.0920. The Morgan fingerprint density at radius 2 is 1.89 bits per heavy atom. The summed E-state index contributed by atoms with van der Waals surface area (Å²) in [6.07, 6.45) is 5.17. The molecule has 1 aliphatic rings. The molecule has 2 aromatic rings. The fraction of sp³-hybridized carbons (Fsp3) is 0.353. The first kappa shape index (κ1) is 20.0. The van der Waals surface area contributed by atoms with E-state index in [1.807, 2.05) is 6.26 Å². The molecule has 7 nitrogen and oxygen atoms in total. The van der Waals surface area contributed by atoms with Crippen LogP contribution in [-0.4, -0.2) is 51.7 Å². The summed E-state index contributed by atoms with van der Waals surface area (Å²) in [7, 11) is 0. The van der Waals surface area contributed by atoms with Gasteiger partial charge in [0, 0.05) is 19.1 Å². The lowest BCUT2D eigenvalue weighted by Gasteiger charge is -2.30. The minimum absolute atomic E-state index is 0.0887. The zero-order valence-electron chi connectivity index (χ0n) is 14.6. The standard InChI is InChI=1S/C17H19Cl2N5O2S/c1-27-24-7-5-10(6-8-24)21-17(26)15-13(9-20-23-15)22-16(25)14-11(18)3-2-4-12(14)19/h2-4,9-10H,5-8H2,1H3,(H,20,23)(H,21,26)(H,22,25). The van der Waals surface area contributed by atoms with Crippen molar-refractivity contribution in [3.63, 3.8) is 0 Å². The van der Waals surface area contributed by atoms with Gasteiger partial charge in [-0.05, 0) is 31.2 Å². The summed E-state index contributed by atoms with van der Waals surface area (Å²) in [6, 6.07) is 4.89. The highest BCUT2D eigenvalue weighted by atomic mass is 35.5. The zero-order chi connectivity index (χ0) is 19.4. The quantitative estimate of drug-likeness (QED) is 0.635. The van der Waals surface area contributed by atoms with Gasteiger partial charge in [0.05, 0.1) is 27.5 Å².